The molecule has 2 unspecified atom stereocenters. The minimum Gasteiger partial charge on any atom is -0.394 e. The van der Waals surface area contributed by atoms with E-state index in [9.17, 15) is 4.79 Å². The highest BCUT2D eigenvalue weighted by molar-refractivity contribution is 5.74. The first-order valence-corrected chi connectivity index (χ1v) is 7.51. The summed E-state index contributed by atoms with van der Waals surface area (Å²) < 4.78 is 5.22. The van der Waals surface area contributed by atoms with E-state index in [1.54, 1.807) is 20.9 Å². The van der Waals surface area contributed by atoms with Crippen molar-refractivity contribution >= 4 is 6.03 Å². The molecule has 2 aromatic rings. The number of urea groups is 1. The lowest BCUT2D eigenvalue weighted by Crippen LogP contribution is -2.44. The molecule has 7 nitrogen and oxygen atoms in total. The first-order chi connectivity index (χ1) is 11.0. The molecule has 23 heavy (non-hydrogen) atoms. The van der Waals surface area contributed by atoms with Crippen LogP contribution in [0.15, 0.2) is 34.9 Å². The van der Waals surface area contributed by atoms with Crippen molar-refractivity contribution in [2.75, 3.05) is 13.7 Å². The van der Waals surface area contributed by atoms with Gasteiger partial charge in [0.15, 0.2) is 5.82 Å². The van der Waals surface area contributed by atoms with Gasteiger partial charge >= 0.3 is 6.03 Å². The van der Waals surface area contributed by atoms with Crippen molar-refractivity contribution in [3.8, 4) is 0 Å². The second-order valence-electron chi connectivity index (χ2n) is 5.52. The van der Waals surface area contributed by atoms with Gasteiger partial charge < -0.3 is 19.8 Å². The van der Waals surface area contributed by atoms with Crippen molar-refractivity contribution < 1.29 is 14.4 Å². The zero-order chi connectivity index (χ0) is 16.8. The topological polar surface area (TPSA) is 91.5 Å². The van der Waals surface area contributed by atoms with Gasteiger partial charge in [-0.2, -0.15) is 4.98 Å². The summed E-state index contributed by atoms with van der Waals surface area (Å²) in [5.41, 5.74) is 1.09. The maximum absolute atomic E-state index is 12.0. The quantitative estimate of drug-likeness (QED) is 0.846. The SMILES string of the molecule is CC(NC(=O)N(C)C(C)CO)c1nc(Cc2ccccc2)no1. The van der Waals surface area contributed by atoms with Crippen LogP contribution in [-0.4, -0.2) is 45.9 Å². The third-order valence-corrected chi connectivity index (χ3v) is 3.64. The van der Waals surface area contributed by atoms with Crippen molar-refractivity contribution in [3.05, 3.63) is 47.6 Å². The highest BCUT2D eigenvalue weighted by Crippen LogP contribution is 2.13. The number of amides is 2. The van der Waals surface area contributed by atoms with Crippen molar-refractivity contribution in [3.63, 3.8) is 0 Å². The molecule has 1 aromatic carbocycles. The van der Waals surface area contributed by atoms with Crippen LogP contribution in [0.3, 0.4) is 0 Å². The molecule has 0 bridgehead atoms. The van der Waals surface area contributed by atoms with E-state index >= 15 is 0 Å². The molecule has 2 rings (SSSR count). The number of aromatic nitrogens is 2. The lowest BCUT2D eigenvalue weighted by atomic mass is 10.1. The lowest BCUT2D eigenvalue weighted by Gasteiger charge is -2.24. The predicted octanol–water partition coefficient (Wildman–Crippen LogP) is 1.74. The molecule has 1 heterocycles. The number of aliphatic hydroxyl groups excluding tert-OH is 1. The van der Waals surface area contributed by atoms with Gasteiger partial charge in [0, 0.05) is 13.5 Å². The summed E-state index contributed by atoms with van der Waals surface area (Å²) in [7, 11) is 1.62. The zero-order valence-corrected chi connectivity index (χ0v) is 13.6. The van der Waals surface area contributed by atoms with Gasteiger partial charge in [-0.1, -0.05) is 35.5 Å². The highest BCUT2D eigenvalue weighted by Gasteiger charge is 2.21. The van der Waals surface area contributed by atoms with Gasteiger partial charge in [0.25, 0.3) is 0 Å². The van der Waals surface area contributed by atoms with Crippen LogP contribution >= 0.6 is 0 Å². The molecule has 0 spiro atoms. The monoisotopic (exact) mass is 318 g/mol. The Morgan fingerprint density at radius 3 is 2.70 bits per heavy atom. The number of likely N-dealkylation sites (N-methyl/N-ethyl adjacent to an activating group) is 1. The fraction of sp³-hybridized carbons (Fsp3) is 0.438. The number of carbonyl (C=O) groups is 1. The molecule has 0 aliphatic heterocycles. The summed E-state index contributed by atoms with van der Waals surface area (Å²) >= 11 is 0. The second-order valence-corrected chi connectivity index (χ2v) is 5.52. The Labute approximate surface area is 135 Å². The Morgan fingerprint density at radius 2 is 2.04 bits per heavy atom. The van der Waals surface area contributed by atoms with Crippen LogP contribution in [0.25, 0.3) is 0 Å². The van der Waals surface area contributed by atoms with Crippen molar-refractivity contribution in [1.29, 1.82) is 0 Å². The standard InChI is InChI=1S/C16H22N4O3/c1-11(10-21)20(3)16(22)17-12(2)15-18-14(19-23-15)9-13-7-5-4-6-8-13/h4-8,11-12,21H,9-10H2,1-3H3,(H,17,22). The molecule has 0 aliphatic rings. The molecule has 2 N–H and O–H groups in total. The average molecular weight is 318 g/mol. The van der Waals surface area contributed by atoms with Crippen LogP contribution < -0.4 is 5.32 Å². The molecule has 1 aromatic heterocycles. The van der Waals surface area contributed by atoms with Gasteiger partial charge in [-0.25, -0.2) is 4.79 Å². The van der Waals surface area contributed by atoms with Gasteiger partial charge in [-0.3, -0.25) is 0 Å². The summed E-state index contributed by atoms with van der Waals surface area (Å²) in [5, 5.41) is 15.8. The van der Waals surface area contributed by atoms with Gasteiger partial charge in [0.1, 0.15) is 6.04 Å². The number of hydrogen-bond donors (Lipinski definition) is 2. The Morgan fingerprint density at radius 1 is 1.35 bits per heavy atom. The maximum atomic E-state index is 12.0. The van der Waals surface area contributed by atoms with E-state index in [1.807, 2.05) is 30.3 Å². The Bertz CT molecular complexity index is 629. The minimum absolute atomic E-state index is 0.0971. The van der Waals surface area contributed by atoms with Gasteiger partial charge in [0.05, 0.1) is 12.6 Å². The van der Waals surface area contributed by atoms with E-state index in [2.05, 4.69) is 15.5 Å². The van der Waals surface area contributed by atoms with Crippen molar-refractivity contribution in [1.82, 2.24) is 20.4 Å². The van der Waals surface area contributed by atoms with Crippen LogP contribution in [0.5, 0.6) is 0 Å². The molecule has 2 atom stereocenters. The van der Waals surface area contributed by atoms with Gasteiger partial charge in [-0.05, 0) is 19.4 Å². The minimum atomic E-state index is -0.409. The molecule has 124 valence electrons. The number of benzene rings is 1. The third kappa shape index (κ3) is 4.53. The number of carbonyl (C=O) groups excluding carboxylic acids is 1. The molecule has 2 amide bonds. The number of rotatable bonds is 6. The van der Waals surface area contributed by atoms with E-state index < -0.39 is 6.04 Å². The first-order valence-electron chi connectivity index (χ1n) is 7.51. The van der Waals surface area contributed by atoms with Crippen LogP contribution in [0.4, 0.5) is 4.79 Å². The molecule has 0 fully saturated rings. The van der Waals surface area contributed by atoms with E-state index in [0.29, 0.717) is 18.1 Å². The van der Waals surface area contributed by atoms with E-state index in [4.69, 9.17) is 9.63 Å². The fourth-order valence-electron chi connectivity index (χ4n) is 1.97. The molecule has 0 aliphatic carbocycles. The second kappa shape index (κ2) is 7.73. The Kier molecular flexibility index (Phi) is 5.70. The molecular formula is C16H22N4O3. The van der Waals surface area contributed by atoms with Crippen LogP contribution in [0.2, 0.25) is 0 Å². The lowest BCUT2D eigenvalue weighted by molar-refractivity contribution is 0.154. The molecule has 0 radical (unpaired) electrons. The number of hydrogen-bond acceptors (Lipinski definition) is 5. The zero-order valence-electron chi connectivity index (χ0n) is 13.6. The molecular weight excluding hydrogens is 296 g/mol. The third-order valence-electron chi connectivity index (χ3n) is 3.64. The van der Waals surface area contributed by atoms with Crippen LogP contribution in [-0.2, 0) is 6.42 Å². The predicted molar refractivity (Wildman–Crippen MR) is 84.8 cm³/mol. The summed E-state index contributed by atoms with van der Waals surface area (Å²) in [6.07, 6.45) is 0.576. The molecule has 7 heteroatoms. The van der Waals surface area contributed by atoms with Crippen molar-refractivity contribution in [2.24, 2.45) is 0 Å². The first kappa shape index (κ1) is 17.0. The normalized spacial score (nSPS) is 13.4. The summed E-state index contributed by atoms with van der Waals surface area (Å²) in [5.74, 6) is 0.929. The number of nitrogens with one attached hydrogen (secondary N) is 1. The van der Waals surface area contributed by atoms with E-state index in [-0.39, 0.29) is 18.7 Å². The van der Waals surface area contributed by atoms with Gasteiger partial charge in [-0.15, -0.1) is 0 Å². The summed E-state index contributed by atoms with van der Waals surface area (Å²) in [6.45, 7) is 3.43. The number of aliphatic hydroxyl groups is 1. The Hall–Kier alpha value is -2.41. The smallest absolute Gasteiger partial charge is 0.318 e. The average Bonchev–Trinajstić information content (AvgIpc) is 3.02. The van der Waals surface area contributed by atoms with Gasteiger partial charge in [0.2, 0.25) is 5.89 Å². The molecule has 0 saturated heterocycles. The number of nitrogens with zero attached hydrogens (tertiary/aromatic N) is 3. The van der Waals surface area contributed by atoms with Crippen LogP contribution in [0, 0.1) is 0 Å². The van der Waals surface area contributed by atoms with Crippen LogP contribution in [0.1, 0.15) is 37.2 Å². The Balaban J connectivity index is 1.95. The molecule has 0 saturated carbocycles. The van der Waals surface area contributed by atoms with E-state index in [0.717, 1.165) is 5.56 Å². The fourth-order valence-corrected chi connectivity index (χ4v) is 1.97. The van der Waals surface area contributed by atoms with E-state index in [1.165, 1.54) is 4.90 Å². The summed E-state index contributed by atoms with van der Waals surface area (Å²) in [6, 6.07) is 8.87. The maximum Gasteiger partial charge on any atom is 0.318 e. The highest BCUT2D eigenvalue weighted by atomic mass is 16.5. The summed E-state index contributed by atoms with van der Waals surface area (Å²) in [4.78, 5) is 17.8. The largest absolute Gasteiger partial charge is 0.394 e. The van der Waals surface area contributed by atoms with Crippen molar-refractivity contribution in [2.45, 2.75) is 32.4 Å².